The highest BCUT2D eigenvalue weighted by Gasteiger charge is 2.32. The molecule has 0 saturated carbocycles. The van der Waals surface area contributed by atoms with E-state index in [9.17, 15) is 18.0 Å². The van der Waals surface area contributed by atoms with Crippen LogP contribution >= 0.6 is 23.2 Å². The van der Waals surface area contributed by atoms with Crippen molar-refractivity contribution in [3.05, 3.63) is 69.2 Å². The van der Waals surface area contributed by atoms with Gasteiger partial charge in [-0.2, -0.15) is 18.3 Å². The van der Waals surface area contributed by atoms with E-state index in [1.165, 1.54) is 36.4 Å². The average molecular weight is 361 g/mol. The fraction of sp³-hybridized carbons (Fsp3) is 0.0667. The highest BCUT2D eigenvalue weighted by molar-refractivity contribution is 6.42. The molecule has 23 heavy (non-hydrogen) atoms. The van der Waals surface area contributed by atoms with E-state index in [0.29, 0.717) is 0 Å². The number of alkyl halides is 3. The lowest BCUT2D eigenvalue weighted by Crippen LogP contribution is -2.18. The summed E-state index contributed by atoms with van der Waals surface area (Å²) in [6, 6.07) is 9.08. The van der Waals surface area contributed by atoms with Crippen LogP contribution in [0.1, 0.15) is 21.5 Å². The van der Waals surface area contributed by atoms with Crippen LogP contribution in [0.3, 0.4) is 0 Å². The molecule has 0 radical (unpaired) electrons. The summed E-state index contributed by atoms with van der Waals surface area (Å²) in [7, 11) is 0. The SMILES string of the molecule is O=C(N/N=C/c1ccccc1C(F)(F)F)c1ccc(Cl)c(Cl)c1. The van der Waals surface area contributed by atoms with Gasteiger partial charge in [0.1, 0.15) is 0 Å². The van der Waals surface area contributed by atoms with Crippen molar-refractivity contribution in [1.82, 2.24) is 5.43 Å². The van der Waals surface area contributed by atoms with Gasteiger partial charge in [0.2, 0.25) is 0 Å². The minimum atomic E-state index is -4.50. The summed E-state index contributed by atoms with van der Waals surface area (Å²) in [6.07, 6.45) is -3.57. The number of rotatable bonds is 3. The van der Waals surface area contributed by atoms with Gasteiger partial charge in [-0.3, -0.25) is 4.79 Å². The van der Waals surface area contributed by atoms with E-state index in [1.807, 2.05) is 0 Å². The van der Waals surface area contributed by atoms with Crippen LogP contribution in [0, 0.1) is 0 Å². The fourth-order valence-electron chi connectivity index (χ4n) is 1.73. The molecule has 2 rings (SSSR count). The van der Waals surface area contributed by atoms with Gasteiger partial charge in [-0.15, -0.1) is 0 Å². The average Bonchev–Trinajstić information content (AvgIpc) is 2.49. The Balaban J connectivity index is 2.13. The van der Waals surface area contributed by atoms with E-state index in [0.717, 1.165) is 12.3 Å². The Kier molecular flexibility index (Phi) is 5.28. The Hall–Kier alpha value is -2.05. The number of hydrogen-bond donors (Lipinski definition) is 1. The van der Waals surface area contributed by atoms with Gasteiger partial charge in [0.25, 0.3) is 5.91 Å². The first-order valence-electron chi connectivity index (χ1n) is 6.23. The highest BCUT2D eigenvalue weighted by atomic mass is 35.5. The second-order valence-corrected chi connectivity index (χ2v) is 5.23. The van der Waals surface area contributed by atoms with Crippen LogP contribution in [-0.2, 0) is 6.18 Å². The molecule has 0 spiro atoms. The summed E-state index contributed by atoms with van der Waals surface area (Å²) in [5, 5.41) is 4.01. The van der Waals surface area contributed by atoms with E-state index >= 15 is 0 Å². The minimum absolute atomic E-state index is 0.158. The fourth-order valence-corrected chi connectivity index (χ4v) is 2.03. The highest BCUT2D eigenvalue weighted by Crippen LogP contribution is 2.31. The lowest BCUT2D eigenvalue weighted by Gasteiger charge is -2.09. The molecule has 8 heteroatoms. The van der Waals surface area contributed by atoms with Crippen LogP contribution in [0.5, 0.6) is 0 Å². The zero-order valence-corrected chi connectivity index (χ0v) is 12.9. The maximum Gasteiger partial charge on any atom is 0.417 e. The number of nitrogens with one attached hydrogen (secondary N) is 1. The molecule has 0 heterocycles. The number of benzene rings is 2. The first-order chi connectivity index (χ1) is 10.8. The van der Waals surface area contributed by atoms with Gasteiger partial charge in [-0.1, -0.05) is 41.4 Å². The van der Waals surface area contributed by atoms with E-state index < -0.39 is 17.6 Å². The van der Waals surface area contributed by atoms with Crippen molar-refractivity contribution in [2.24, 2.45) is 5.10 Å². The molecule has 0 unspecified atom stereocenters. The van der Waals surface area contributed by atoms with Crippen LogP contribution in [-0.4, -0.2) is 12.1 Å². The van der Waals surface area contributed by atoms with Crippen molar-refractivity contribution in [3.63, 3.8) is 0 Å². The lowest BCUT2D eigenvalue weighted by atomic mass is 10.1. The Bertz CT molecular complexity index is 761. The van der Waals surface area contributed by atoms with Crippen molar-refractivity contribution in [1.29, 1.82) is 0 Å². The maximum atomic E-state index is 12.8. The predicted octanol–water partition coefficient (Wildman–Crippen LogP) is 4.78. The van der Waals surface area contributed by atoms with Crippen molar-refractivity contribution in [2.75, 3.05) is 0 Å². The summed E-state index contributed by atoms with van der Waals surface area (Å²) in [5.41, 5.74) is 1.32. The summed E-state index contributed by atoms with van der Waals surface area (Å²) < 4.78 is 38.4. The third-order valence-electron chi connectivity index (χ3n) is 2.82. The molecule has 0 aliphatic carbocycles. The zero-order chi connectivity index (χ0) is 17.0. The largest absolute Gasteiger partial charge is 0.417 e. The Morgan fingerprint density at radius 3 is 2.43 bits per heavy atom. The number of hydrogen-bond acceptors (Lipinski definition) is 2. The number of amides is 1. The molecule has 3 nitrogen and oxygen atoms in total. The van der Waals surface area contributed by atoms with E-state index in [-0.39, 0.29) is 21.2 Å². The van der Waals surface area contributed by atoms with E-state index in [4.69, 9.17) is 23.2 Å². The van der Waals surface area contributed by atoms with Gasteiger partial charge in [-0.25, -0.2) is 5.43 Å². The molecular weight excluding hydrogens is 352 g/mol. The monoisotopic (exact) mass is 360 g/mol. The van der Waals surface area contributed by atoms with E-state index in [2.05, 4.69) is 10.5 Å². The molecule has 120 valence electrons. The summed E-state index contributed by atoms with van der Waals surface area (Å²) in [5.74, 6) is -0.621. The normalized spacial score (nSPS) is 11.7. The molecule has 2 aromatic rings. The molecule has 0 saturated heterocycles. The van der Waals surface area contributed by atoms with E-state index in [1.54, 1.807) is 0 Å². The summed E-state index contributed by atoms with van der Waals surface area (Å²) >= 11 is 11.5. The zero-order valence-electron chi connectivity index (χ0n) is 11.4. The standard InChI is InChI=1S/C15H9Cl2F3N2O/c16-12-6-5-9(7-13(12)17)14(23)22-21-8-10-3-1-2-4-11(10)15(18,19)20/h1-8H,(H,22,23)/b21-8+. The van der Waals surface area contributed by atoms with Crippen molar-refractivity contribution in [3.8, 4) is 0 Å². The first-order valence-corrected chi connectivity index (χ1v) is 6.99. The molecule has 2 aromatic carbocycles. The van der Waals surface area contributed by atoms with Gasteiger partial charge >= 0.3 is 6.18 Å². The molecule has 0 fully saturated rings. The van der Waals surface area contributed by atoms with Crippen LogP contribution in [0.4, 0.5) is 13.2 Å². The molecule has 0 bridgehead atoms. The van der Waals surface area contributed by atoms with Gasteiger partial charge < -0.3 is 0 Å². The number of carbonyl (C=O) groups excluding carboxylic acids is 1. The first kappa shape index (κ1) is 17.3. The van der Waals surface area contributed by atoms with Gasteiger partial charge in [0.15, 0.2) is 0 Å². The predicted molar refractivity (Wildman–Crippen MR) is 83.0 cm³/mol. The smallest absolute Gasteiger partial charge is 0.267 e. The molecular formula is C15H9Cl2F3N2O. The summed E-state index contributed by atoms with van der Waals surface area (Å²) in [6.45, 7) is 0. The third-order valence-corrected chi connectivity index (χ3v) is 3.56. The number of nitrogens with zero attached hydrogens (tertiary/aromatic N) is 1. The Labute approximate surface area is 139 Å². The van der Waals surface area contributed by atoms with Gasteiger partial charge in [0.05, 0.1) is 21.8 Å². The second kappa shape index (κ2) is 7.02. The maximum absolute atomic E-state index is 12.8. The van der Waals surface area contributed by atoms with Crippen LogP contribution in [0.15, 0.2) is 47.6 Å². The van der Waals surface area contributed by atoms with Crippen molar-refractivity contribution < 1.29 is 18.0 Å². The third kappa shape index (κ3) is 4.46. The molecule has 0 aromatic heterocycles. The van der Waals surface area contributed by atoms with Crippen LogP contribution < -0.4 is 5.43 Å². The van der Waals surface area contributed by atoms with Crippen LogP contribution in [0.2, 0.25) is 10.0 Å². The topological polar surface area (TPSA) is 41.5 Å². The quantitative estimate of drug-likeness (QED) is 0.621. The molecule has 0 aliphatic rings. The van der Waals surface area contributed by atoms with Gasteiger partial charge in [0, 0.05) is 11.1 Å². The molecule has 0 aliphatic heterocycles. The number of carbonyl (C=O) groups is 1. The molecule has 0 atom stereocenters. The number of hydrazone groups is 1. The van der Waals surface area contributed by atoms with Gasteiger partial charge in [-0.05, 0) is 24.3 Å². The van der Waals surface area contributed by atoms with Crippen LogP contribution in [0.25, 0.3) is 0 Å². The van der Waals surface area contributed by atoms with Crippen molar-refractivity contribution >= 4 is 35.3 Å². The second-order valence-electron chi connectivity index (χ2n) is 4.41. The number of halogens is 5. The molecule has 1 N–H and O–H groups in total. The summed E-state index contributed by atoms with van der Waals surface area (Å²) in [4.78, 5) is 11.8. The minimum Gasteiger partial charge on any atom is -0.267 e. The Morgan fingerprint density at radius 1 is 1.09 bits per heavy atom. The van der Waals surface area contributed by atoms with Crippen molar-refractivity contribution in [2.45, 2.75) is 6.18 Å². The molecule has 1 amide bonds. The lowest BCUT2D eigenvalue weighted by molar-refractivity contribution is -0.137. The Morgan fingerprint density at radius 2 is 1.78 bits per heavy atom.